The summed E-state index contributed by atoms with van der Waals surface area (Å²) in [5, 5.41) is 15.1. The smallest absolute Gasteiger partial charge is 0.407 e. The van der Waals surface area contributed by atoms with E-state index in [4.69, 9.17) is 4.74 Å². The molecule has 3 aliphatic carbocycles. The highest BCUT2D eigenvalue weighted by atomic mass is 16.5. The highest BCUT2D eigenvalue weighted by Crippen LogP contribution is 2.44. The number of hydrogen-bond acceptors (Lipinski definition) is 4. The second-order valence-corrected chi connectivity index (χ2v) is 9.68. The molecule has 7 heteroatoms. The third kappa shape index (κ3) is 4.81. The van der Waals surface area contributed by atoms with Gasteiger partial charge in [-0.05, 0) is 47.4 Å². The summed E-state index contributed by atoms with van der Waals surface area (Å²) in [5.74, 6) is -1.66. The molecule has 1 fully saturated rings. The van der Waals surface area contributed by atoms with Crippen LogP contribution < -0.4 is 10.6 Å². The predicted molar refractivity (Wildman–Crippen MR) is 131 cm³/mol. The molecule has 0 aromatic heterocycles. The van der Waals surface area contributed by atoms with Crippen molar-refractivity contribution < 1.29 is 24.2 Å². The second-order valence-electron chi connectivity index (χ2n) is 9.68. The zero-order valence-corrected chi connectivity index (χ0v) is 19.5. The topological polar surface area (TPSA) is 105 Å². The molecule has 7 nitrogen and oxygen atoms in total. The quantitative estimate of drug-likeness (QED) is 0.525. The lowest BCUT2D eigenvalue weighted by atomic mass is 9.96. The molecule has 0 bridgehead atoms. The number of carboxylic acids is 1. The van der Waals surface area contributed by atoms with Crippen molar-refractivity contribution in [3.05, 3.63) is 71.8 Å². The van der Waals surface area contributed by atoms with Crippen molar-refractivity contribution in [1.29, 1.82) is 0 Å². The van der Waals surface area contributed by atoms with Gasteiger partial charge in [0.1, 0.15) is 6.61 Å². The summed E-state index contributed by atoms with van der Waals surface area (Å²) < 4.78 is 5.61. The largest absolute Gasteiger partial charge is 0.481 e. The average Bonchev–Trinajstić information content (AvgIpc) is 3.59. The molecule has 2 aromatic rings. The van der Waals surface area contributed by atoms with E-state index in [1.165, 1.54) is 11.1 Å². The van der Waals surface area contributed by atoms with Crippen molar-refractivity contribution >= 4 is 18.0 Å². The minimum atomic E-state index is -0.783. The summed E-state index contributed by atoms with van der Waals surface area (Å²) in [7, 11) is 0. The number of aliphatic carboxylic acids is 1. The number of fused-ring (bicyclic) bond motifs is 3. The van der Waals surface area contributed by atoms with Crippen LogP contribution in [0.5, 0.6) is 0 Å². The maximum Gasteiger partial charge on any atom is 0.407 e. The van der Waals surface area contributed by atoms with Crippen LogP contribution in [-0.2, 0) is 14.3 Å². The highest BCUT2D eigenvalue weighted by Gasteiger charge is 2.34. The van der Waals surface area contributed by atoms with Gasteiger partial charge in [-0.3, -0.25) is 9.59 Å². The normalized spacial score (nSPS) is 24.6. The lowest BCUT2D eigenvalue weighted by molar-refractivity contribution is -0.143. The standard InChI is InChI=1S/C28H30N2O5/c31-26(29-15-18-6-5-11-20(18)27(32)33)17-12-13-19(14-17)30-28(34)35-16-25-23-9-3-1-7-21(23)22-8-2-4-10-24(22)25/h1-4,7-10,12-13,17-20,25H,5-6,11,14-16H2,(H,29,31)(H,30,34)(H,32,33)/t17?,18-,19?,20-/m1/s1. The molecular formula is C28H30N2O5. The zero-order chi connectivity index (χ0) is 24.4. The maximum atomic E-state index is 12.6. The van der Waals surface area contributed by atoms with E-state index in [0.29, 0.717) is 19.4 Å². The van der Waals surface area contributed by atoms with Crippen LogP contribution in [0.15, 0.2) is 60.7 Å². The minimum absolute atomic E-state index is 0.00369. The number of benzene rings is 2. The van der Waals surface area contributed by atoms with Gasteiger partial charge in [0.25, 0.3) is 0 Å². The molecule has 35 heavy (non-hydrogen) atoms. The van der Waals surface area contributed by atoms with Gasteiger partial charge in [-0.2, -0.15) is 0 Å². The fourth-order valence-corrected chi connectivity index (χ4v) is 5.76. The lowest BCUT2D eigenvalue weighted by Gasteiger charge is -2.19. The van der Waals surface area contributed by atoms with E-state index in [-0.39, 0.29) is 42.2 Å². The molecule has 3 aliphatic rings. The molecule has 0 radical (unpaired) electrons. The van der Waals surface area contributed by atoms with Crippen molar-refractivity contribution in [3.8, 4) is 11.1 Å². The van der Waals surface area contributed by atoms with Gasteiger partial charge in [0, 0.05) is 12.5 Å². The van der Waals surface area contributed by atoms with Gasteiger partial charge in [0.2, 0.25) is 5.91 Å². The molecule has 2 aromatic carbocycles. The van der Waals surface area contributed by atoms with Crippen molar-refractivity contribution in [2.75, 3.05) is 13.2 Å². The number of ether oxygens (including phenoxy) is 1. The first-order chi connectivity index (χ1) is 17.0. The van der Waals surface area contributed by atoms with E-state index >= 15 is 0 Å². The van der Waals surface area contributed by atoms with Gasteiger partial charge in [-0.1, -0.05) is 67.1 Å². The van der Waals surface area contributed by atoms with Crippen molar-refractivity contribution in [1.82, 2.24) is 10.6 Å². The number of carbonyl (C=O) groups excluding carboxylic acids is 2. The third-order valence-electron chi connectivity index (χ3n) is 7.58. The van der Waals surface area contributed by atoms with Crippen molar-refractivity contribution in [2.45, 2.75) is 37.6 Å². The van der Waals surface area contributed by atoms with Crippen LogP contribution in [0.2, 0.25) is 0 Å². The highest BCUT2D eigenvalue weighted by molar-refractivity contribution is 5.82. The Kier molecular flexibility index (Phi) is 6.57. The van der Waals surface area contributed by atoms with Crippen LogP contribution in [0.1, 0.15) is 42.7 Å². The molecule has 0 aliphatic heterocycles. The average molecular weight is 475 g/mol. The van der Waals surface area contributed by atoms with Crippen molar-refractivity contribution in [3.63, 3.8) is 0 Å². The van der Waals surface area contributed by atoms with Gasteiger partial charge in [0.15, 0.2) is 0 Å². The minimum Gasteiger partial charge on any atom is -0.481 e. The van der Waals surface area contributed by atoms with E-state index < -0.39 is 12.1 Å². The Labute approximate surface area is 204 Å². The predicted octanol–water partition coefficient (Wildman–Crippen LogP) is 4.09. The van der Waals surface area contributed by atoms with Gasteiger partial charge < -0.3 is 20.5 Å². The number of amides is 2. The van der Waals surface area contributed by atoms with Gasteiger partial charge in [0.05, 0.1) is 17.9 Å². The Balaban J connectivity index is 1.10. The lowest BCUT2D eigenvalue weighted by Crippen LogP contribution is -2.38. The molecule has 0 spiro atoms. The monoisotopic (exact) mass is 474 g/mol. The SMILES string of the molecule is O=C(NC1C=CC(C(=O)NC[C@H]2CCC[C@H]2C(=O)O)C1)OCC1c2ccccc2-c2ccccc21. The Morgan fingerprint density at radius 2 is 1.63 bits per heavy atom. The summed E-state index contributed by atoms with van der Waals surface area (Å²) in [5.41, 5.74) is 4.67. The fraction of sp³-hybridized carbons (Fsp3) is 0.393. The maximum absolute atomic E-state index is 12.6. The number of rotatable bonds is 7. The van der Waals surface area contributed by atoms with Gasteiger partial charge >= 0.3 is 12.1 Å². The van der Waals surface area contributed by atoms with E-state index in [0.717, 1.165) is 24.0 Å². The summed E-state index contributed by atoms with van der Waals surface area (Å²) in [4.78, 5) is 36.5. The molecule has 2 amide bonds. The van der Waals surface area contributed by atoms with Crippen LogP contribution in [0.4, 0.5) is 4.79 Å². The van der Waals surface area contributed by atoms with Crippen LogP contribution >= 0.6 is 0 Å². The van der Waals surface area contributed by atoms with E-state index in [1.54, 1.807) is 6.08 Å². The Hall–Kier alpha value is -3.61. The van der Waals surface area contributed by atoms with Crippen LogP contribution in [0.3, 0.4) is 0 Å². The fourth-order valence-electron chi connectivity index (χ4n) is 5.76. The summed E-state index contributed by atoms with van der Waals surface area (Å²) in [6.45, 7) is 0.622. The second kappa shape index (κ2) is 9.94. The third-order valence-corrected chi connectivity index (χ3v) is 7.58. The van der Waals surface area contributed by atoms with E-state index in [2.05, 4.69) is 34.9 Å². The Morgan fingerprint density at radius 1 is 0.943 bits per heavy atom. The van der Waals surface area contributed by atoms with Gasteiger partial charge in [-0.15, -0.1) is 0 Å². The first-order valence-corrected chi connectivity index (χ1v) is 12.3. The number of nitrogens with one attached hydrogen (secondary N) is 2. The van der Waals surface area contributed by atoms with E-state index in [1.807, 2.05) is 30.3 Å². The number of carboxylic acid groups (broad SMARTS) is 1. The van der Waals surface area contributed by atoms with Crippen LogP contribution in [-0.4, -0.2) is 42.3 Å². The molecule has 5 rings (SSSR count). The number of carbonyl (C=O) groups is 3. The summed E-state index contributed by atoms with van der Waals surface area (Å²) in [6.07, 6.45) is 5.96. The molecule has 0 heterocycles. The molecule has 2 unspecified atom stereocenters. The molecular weight excluding hydrogens is 444 g/mol. The van der Waals surface area contributed by atoms with Crippen LogP contribution in [0, 0.1) is 17.8 Å². The molecule has 1 saturated carbocycles. The van der Waals surface area contributed by atoms with E-state index in [9.17, 15) is 19.5 Å². The Morgan fingerprint density at radius 3 is 2.31 bits per heavy atom. The molecule has 0 saturated heterocycles. The first-order valence-electron chi connectivity index (χ1n) is 12.3. The summed E-state index contributed by atoms with van der Waals surface area (Å²) >= 11 is 0. The Bertz CT molecular complexity index is 1110. The van der Waals surface area contributed by atoms with Crippen LogP contribution in [0.25, 0.3) is 11.1 Å². The summed E-state index contributed by atoms with van der Waals surface area (Å²) in [6, 6.07) is 16.1. The van der Waals surface area contributed by atoms with Gasteiger partial charge in [-0.25, -0.2) is 4.79 Å². The first kappa shape index (κ1) is 23.1. The molecule has 3 N–H and O–H groups in total. The molecule has 4 atom stereocenters. The molecule has 182 valence electrons. The number of hydrogen-bond donors (Lipinski definition) is 3. The van der Waals surface area contributed by atoms with Crippen molar-refractivity contribution in [2.24, 2.45) is 17.8 Å². The number of alkyl carbamates (subject to hydrolysis) is 1. The zero-order valence-electron chi connectivity index (χ0n) is 19.5.